The molecule has 1 saturated heterocycles. The van der Waals surface area contributed by atoms with Crippen molar-refractivity contribution in [2.24, 2.45) is 0 Å². The summed E-state index contributed by atoms with van der Waals surface area (Å²) < 4.78 is 38.5. The maximum atomic E-state index is 13.5. The Kier molecular flexibility index (Phi) is 7.51. The summed E-state index contributed by atoms with van der Waals surface area (Å²) >= 11 is 0. The molecule has 0 unspecified atom stereocenters. The second-order valence-electron chi connectivity index (χ2n) is 8.25. The lowest BCUT2D eigenvalue weighted by molar-refractivity contribution is 0.0381. The zero-order chi connectivity index (χ0) is 22.3. The number of rotatable bonds is 9. The highest BCUT2D eigenvalue weighted by molar-refractivity contribution is 5.31. The number of hydrogen-bond acceptors (Lipinski definition) is 3. The van der Waals surface area contributed by atoms with Gasteiger partial charge in [-0.25, -0.2) is 8.78 Å². The van der Waals surface area contributed by atoms with Crippen molar-refractivity contribution in [2.75, 3.05) is 26.8 Å². The van der Waals surface area contributed by atoms with Crippen LogP contribution >= 0.6 is 0 Å². The summed E-state index contributed by atoms with van der Waals surface area (Å²) in [6.45, 7) is 2.60. The van der Waals surface area contributed by atoms with Crippen molar-refractivity contribution in [2.45, 2.75) is 31.4 Å². The van der Waals surface area contributed by atoms with Crippen molar-refractivity contribution in [1.29, 1.82) is 0 Å². The number of methoxy groups -OCH3 is 1. The molecule has 5 heteroatoms. The SMILES string of the molecule is COc1ccc(CCN2CCC[C@H]2COC(c2ccc(F)cc2)c2ccc(F)cc2)cc1. The lowest BCUT2D eigenvalue weighted by Gasteiger charge is -2.27. The normalized spacial score (nSPS) is 16.6. The van der Waals surface area contributed by atoms with Gasteiger partial charge in [0.15, 0.2) is 0 Å². The predicted octanol–water partition coefficient (Wildman–Crippen LogP) is 5.79. The van der Waals surface area contributed by atoms with Gasteiger partial charge in [-0.2, -0.15) is 0 Å². The van der Waals surface area contributed by atoms with E-state index >= 15 is 0 Å². The molecule has 0 aromatic heterocycles. The van der Waals surface area contributed by atoms with E-state index in [0.717, 1.165) is 49.2 Å². The third-order valence-electron chi connectivity index (χ3n) is 6.15. The molecule has 0 saturated carbocycles. The number of likely N-dealkylation sites (tertiary alicyclic amines) is 1. The lowest BCUT2D eigenvalue weighted by atomic mass is 10.0. The van der Waals surface area contributed by atoms with Crippen molar-refractivity contribution in [3.8, 4) is 5.75 Å². The Morgan fingerprint density at radius 3 is 2.03 bits per heavy atom. The first kappa shape index (κ1) is 22.4. The number of ether oxygens (including phenoxy) is 2. The van der Waals surface area contributed by atoms with Gasteiger partial charge in [0.25, 0.3) is 0 Å². The zero-order valence-electron chi connectivity index (χ0n) is 18.3. The molecule has 1 aliphatic heterocycles. The summed E-state index contributed by atoms with van der Waals surface area (Å²) in [4.78, 5) is 2.48. The molecule has 1 fully saturated rings. The quantitative estimate of drug-likeness (QED) is 0.423. The largest absolute Gasteiger partial charge is 0.497 e. The van der Waals surface area contributed by atoms with Crippen molar-refractivity contribution in [3.63, 3.8) is 0 Å². The van der Waals surface area contributed by atoms with Gasteiger partial charge < -0.3 is 9.47 Å². The molecule has 168 valence electrons. The average molecular weight is 438 g/mol. The van der Waals surface area contributed by atoms with Crippen LogP contribution in [0.5, 0.6) is 5.75 Å². The van der Waals surface area contributed by atoms with Gasteiger partial charge in [0.2, 0.25) is 0 Å². The van der Waals surface area contributed by atoms with Crippen LogP contribution in [0.25, 0.3) is 0 Å². The van der Waals surface area contributed by atoms with E-state index in [0.29, 0.717) is 12.6 Å². The molecule has 32 heavy (non-hydrogen) atoms. The van der Waals surface area contributed by atoms with E-state index in [-0.39, 0.29) is 17.7 Å². The molecule has 0 bridgehead atoms. The maximum Gasteiger partial charge on any atom is 0.123 e. The van der Waals surface area contributed by atoms with Crippen molar-refractivity contribution >= 4 is 0 Å². The Morgan fingerprint density at radius 1 is 0.875 bits per heavy atom. The summed E-state index contributed by atoms with van der Waals surface area (Å²) in [5.74, 6) is 0.299. The fourth-order valence-electron chi connectivity index (χ4n) is 4.31. The summed E-state index contributed by atoms with van der Waals surface area (Å²) in [5.41, 5.74) is 3.01. The molecule has 1 aliphatic rings. The molecular weight excluding hydrogens is 408 g/mol. The topological polar surface area (TPSA) is 21.7 Å². The van der Waals surface area contributed by atoms with Crippen molar-refractivity contribution in [1.82, 2.24) is 4.90 Å². The first-order chi connectivity index (χ1) is 15.6. The van der Waals surface area contributed by atoms with E-state index < -0.39 is 0 Å². The second-order valence-corrected chi connectivity index (χ2v) is 8.25. The molecule has 0 spiro atoms. The molecular formula is C27H29F2NO2. The molecule has 1 heterocycles. The van der Waals surface area contributed by atoms with E-state index in [2.05, 4.69) is 17.0 Å². The van der Waals surface area contributed by atoms with E-state index in [1.54, 1.807) is 31.4 Å². The van der Waals surface area contributed by atoms with Crippen LogP contribution in [-0.2, 0) is 11.2 Å². The Morgan fingerprint density at radius 2 is 1.47 bits per heavy atom. The van der Waals surface area contributed by atoms with Crippen LogP contribution in [0, 0.1) is 11.6 Å². The molecule has 3 nitrogen and oxygen atoms in total. The highest BCUT2D eigenvalue weighted by Crippen LogP contribution is 2.28. The molecule has 3 aromatic carbocycles. The van der Waals surface area contributed by atoms with Gasteiger partial charge in [-0.15, -0.1) is 0 Å². The van der Waals surface area contributed by atoms with Crippen LogP contribution < -0.4 is 4.74 Å². The minimum Gasteiger partial charge on any atom is -0.497 e. The number of benzene rings is 3. The van der Waals surface area contributed by atoms with Crippen molar-refractivity contribution in [3.05, 3.63) is 101 Å². The first-order valence-corrected chi connectivity index (χ1v) is 11.1. The van der Waals surface area contributed by atoms with Gasteiger partial charge >= 0.3 is 0 Å². The lowest BCUT2D eigenvalue weighted by Crippen LogP contribution is -2.35. The van der Waals surface area contributed by atoms with Gasteiger partial charge in [0, 0.05) is 12.6 Å². The minimum atomic E-state index is -0.361. The third-order valence-corrected chi connectivity index (χ3v) is 6.15. The summed E-state index contributed by atoms with van der Waals surface area (Å²) in [5, 5.41) is 0. The van der Waals surface area contributed by atoms with Crippen LogP contribution in [0.1, 0.15) is 35.6 Å². The van der Waals surface area contributed by atoms with E-state index in [1.807, 2.05) is 12.1 Å². The first-order valence-electron chi connectivity index (χ1n) is 11.1. The van der Waals surface area contributed by atoms with Crippen LogP contribution in [0.2, 0.25) is 0 Å². The van der Waals surface area contributed by atoms with Crippen LogP contribution in [0.4, 0.5) is 8.78 Å². The highest BCUT2D eigenvalue weighted by atomic mass is 19.1. The van der Waals surface area contributed by atoms with E-state index in [4.69, 9.17) is 9.47 Å². The summed E-state index contributed by atoms with van der Waals surface area (Å²) in [6.07, 6.45) is 2.84. The van der Waals surface area contributed by atoms with Gasteiger partial charge in [-0.1, -0.05) is 36.4 Å². The Labute approximate surface area is 188 Å². The van der Waals surface area contributed by atoms with Gasteiger partial charge in [0.05, 0.1) is 13.7 Å². The zero-order valence-corrected chi connectivity index (χ0v) is 18.3. The number of nitrogens with zero attached hydrogens (tertiary/aromatic N) is 1. The monoisotopic (exact) mass is 437 g/mol. The minimum absolute atomic E-state index is 0.285. The Bertz CT molecular complexity index is 929. The predicted molar refractivity (Wildman–Crippen MR) is 122 cm³/mol. The summed E-state index contributed by atoms with van der Waals surface area (Å²) in [6, 6.07) is 21.2. The molecule has 1 atom stereocenters. The molecule has 0 aliphatic carbocycles. The van der Waals surface area contributed by atoms with Crippen molar-refractivity contribution < 1.29 is 18.3 Å². The molecule has 0 amide bonds. The summed E-state index contributed by atoms with van der Waals surface area (Å²) in [7, 11) is 1.68. The maximum absolute atomic E-state index is 13.5. The van der Waals surface area contributed by atoms with E-state index in [9.17, 15) is 8.78 Å². The van der Waals surface area contributed by atoms with Crippen LogP contribution in [-0.4, -0.2) is 37.7 Å². The number of hydrogen-bond donors (Lipinski definition) is 0. The van der Waals surface area contributed by atoms with Crippen LogP contribution in [0.3, 0.4) is 0 Å². The molecule has 3 aromatic rings. The van der Waals surface area contributed by atoms with Gasteiger partial charge in [0.1, 0.15) is 23.5 Å². The molecule has 0 N–H and O–H groups in total. The van der Waals surface area contributed by atoms with Gasteiger partial charge in [-0.3, -0.25) is 4.90 Å². The smallest absolute Gasteiger partial charge is 0.123 e. The fraction of sp³-hybridized carbons (Fsp3) is 0.333. The van der Waals surface area contributed by atoms with Gasteiger partial charge in [-0.05, 0) is 78.9 Å². The molecule has 4 rings (SSSR count). The fourth-order valence-corrected chi connectivity index (χ4v) is 4.31. The Balaban J connectivity index is 1.40. The third kappa shape index (κ3) is 5.72. The highest BCUT2D eigenvalue weighted by Gasteiger charge is 2.26. The van der Waals surface area contributed by atoms with E-state index in [1.165, 1.54) is 29.8 Å². The number of halogens is 2. The van der Waals surface area contributed by atoms with Crippen LogP contribution in [0.15, 0.2) is 72.8 Å². The average Bonchev–Trinajstić information content (AvgIpc) is 3.27. The Hall–Kier alpha value is -2.76. The molecule has 0 radical (unpaired) electrons. The standard InChI is InChI=1S/C27H29F2NO2/c1-31-26-14-4-20(5-15-26)16-18-30-17-2-3-25(30)19-32-27(21-6-10-23(28)11-7-21)22-8-12-24(29)13-9-22/h4-15,25,27H,2-3,16-19H2,1H3/t25-/m0/s1. The second kappa shape index (κ2) is 10.7.